The fraction of sp³-hybridized carbons (Fsp3) is 0.261. The minimum Gasteiger partial charge on any atom is -0.282 e. The van der Waals surface area contributed by atoms with Crippen molar-refractivity contribution >= 4 is 54.0 Å². The van der Waals surface area contributed by atoms with Gasteiger partial charge in [0, 0.05) is 18.9 Å². The largest absolute Gasteiger partial charge is 0.282 e. The van der Waals surface area contributed by atoms with Gasteiger partial charge in [0.15, 0.2) is 5.13 Å². The van der Waals surface area contributed by atoms with Crippen LogP contribution in [0.5, 0.6) is 0 Å². The second kappa shape index (κ2) is 8.94. The van der Waals surface area contributed by atoms with Crippen molar-refractivity contribution < 1.29 is 13.2 Å². The first-order valence-electron chi connectivity index (χ1n) is 10.6. The Morgan fingerprint density at radius 2 is 2.12 bits per heavy atom. The lowest BCUT2D eigenvalue weighted by Crippen LogP contribution is -2.47. The number of nitrogens with zero attached hydrogens (tertiary/aromatic N) is 4. The van der Waals surface area contributed by atoms with Gasteiger partial charge in [0.05, 0.1) is 16.8 Å². The number of amides is 1. The highest BCUT2D eigenvalue weighted by Gasteiger charge is 2.42. The molecule has 4 heterocycles. The Morgan fingerprint density at radius 1 is 1.24 bits per heavy atom. The summed E-state index contributed by atoms with van der Waals surface area (Å²) in [7, 11) is -3.73. The minimum atomic E-state index is -3.73. The van der Waals surface area contributed by atoms with E-state index in [1.165, 1.54) is 27.0 Å². The maximum atomic E-state index is 13.9. The average Bonchev–Trinajstić information content (AvgIpc) is 3.58. The highest BCUT2D eigenvalue weighted by atomic mass is 32.2. The first kappa shape index (κ1) is 22.1. The molecule has 3 aromatic heterocycles. The van der Waals surface area contributed by atoms with Crippen molar-refractivity contribution in [2.45, 2.75) is 36.6 Å². The van der Waals surface area contributed by atoms with Gasteiger partial charge in [-0.25, -0.2) is 13.4 Å². The highest BCUT2D eigenvalue weighted by Crippen LogP contribution is 2.34. The van der Waals surface area contributed by atoms with Gasteiger partial charge in [-0.3, -0.25) is 14.7 Å². The smallest absolute Gasteiger partial charge is 0.253 e. The molecule has 1 aliphatic rings. The van der Waals surface area contributed by atoms with Gasteiger partial charge in [0.1, 0.15) is 10.3 Å². The zero-order valence-electron chi connectivity index (χ0n) is 17.9. The third-order valence-electron chi connectivity index (χ3n) is 5.64. The Hall–Kier alpha value is -2.66. The maximum absolute atomic E-state index is 13.9. The Morgan fingerprint density at radius 3 is 2.88 bits per heavy atom. The molecule has 33 heavy (non-hydrogen) atoms. The molecular weight excluding hydrogens is 476 g/mol. The van der Waals surface area contributed by atoms with Crippen LogP contribution in [0.15, 0.2) is 64.4 Å². The van der Waals surface area contributed by atoms with Gasteiger partial charge >= 0.3 is 0 Å². The number of hydrogen-bond donors (Lipinski definition) is 0. The quantitative estimate of drug-likeness (QED) is 0.392. The number of pyridine rings is 1. The van der Waals surface area contributed by atoms with E-state index in [0.717, 1.165) is 21.3 Å². The van der Waals surface area contributed by atoms with Crippen LogP contribution in [0.4, 0.5) is 5.13 Å². The van der Waals surface area contributed by atoms with Gasteiger partial charge in [0.25, 0.3) is 10.0 Å². The van der Waals surface area contributed by atoms with E-state index in [1.54, 1.807) is 34.8 Å². The Labute approximate surface area is 200 Å². The van der Waals surface area contributed by atoms with Crippen LogP contribution in [0.1, 0.15) is 24.0 Å². The van der Waals surface area contributed by atoms with Crippen molar-refractivity contribution in [1.29, 1.82) is 0 Å². The number of hydrogen-bond acceptors (Lipinski definition) is 7. The normalized spacial score (nSPS) is 16.9. The SMILES string of the molecule is Cc1ccc2nc(N(Cc3cccnc3)C(=O)C3CCCN3S(=O)(=O)c3cccs3)sc2c1. The van der Waals surface area contributed by atoms with Crippen LogP contribution in [-0.2, 0) is 21.4 Å². The number of rotatable bonds is 6. The number of benzene rings is 1. The molecule has 10 heteroatoms. The minimum absolute atomic E-state index is 0.257. The monoisotopic (exact) mass is 498 g/mol. The van der Waals surface area contributed by atoms with Crippen molar-refractivity contribution in [1.82, 2.24) is 14.3 Å². The number of anilines is 1. The Balaban J connectivity index is 1.53. The number of thiophene rings is 1. The van der Waals surface area contributed by atoms with Crippen LogP contribution in [-0.4, -0.2) is 41.2 Å². The predicted octanol–water partition coefficient (Wildman–Crippen LogP) is 4.45. The molecule has 0 saturated carbocycles. The molecule has 1 saturated heterocycles. The molecule has 5 rings (SSSR count). The second-order valence-corrected chi connectivity index (χ2v) is 12.0. The van der Waals surface area contributed by atoms with Gasteiger partial charge in [-0.15, -0.1) is 11.3 Å². The molecule has 0 bridgehead atoms. The van der Waals surface area contributed by atoms with Crippen molar-refractivity contribution in [2.24, 2.45) is 0 Å². The number of aryl methyl sites for hydroxylation is 1. The molecule has 0 aliphatic carbocycles. The molecule has 1 unspecified atom stereocenters. The van der Waals surface area contributed by atoms with Crippen molar-refractivity contribution in [2.75, 3.05) is 11.4 Å². The molecule has 1 fully saturated rings. The summed E-state index contributed by atoms with van der Waals surface area (Å²) in [6.45, 7) is 2.62. The number of carbonyl (C=O) groups is 1. The first-order valence-corrected chi connectivity index (χ1v) is 13.7. The van der Waals surface area contributed by atoms with Crippen LogP contribution in [0.3, 0.4) is 0 Å². The molecule has 0 spiro atoms. The third kappa shape index (κ3) is 4.31. The number of fused-ring (bicyclic) bond motifs is 1. The zero-order chi connectivity index (χ0) is 23.0. The number of carbonyl (C=O) groups excluding carboxylic acids is 1. The van der Waals surface area contributed by atoms with Gasteiger partial charge < -0.3 is 0 Å². The summed E-state index contributed by atoms with van der Waals surface area (Å²) < 4.78 is 29.1. The molecule has 170 valence electrons. The number of sulfonamides is 1. The lowest BCUT2D eigenvalue weighted by Gasteiger charge is -2.28. The summed E-state index contributed by atoms with van der Waals surface area (Å²) in [5.41, 5.74) is 2.79. The van der Waals surface area contributed by atoms with Crippen molar-refractivity contribution in [3.05, 3.63) is 71.4 Å². The second-order valence-electron chi connectivity index (χ2n) is 7.96. The molecule has 4 aromatic rings. The van der Waals surface area contributed by atoms with E-state index < -0.39 is 16.1 Å². The number of aromatic nitrogens is 2. The number of thiazole rings is 1. The first-order chi connectivity index (χ1) is 15.9. The summed E-state index contributed by atoms with van der Waals surface area (Å²) in [6, 6.07) is 12.2. The summed E-state index contributed by atoms with van der Waals surface area (Å²) in [4.78, 5) is 24.4. The third-order valence-corrected chi connectivity index (χ3v) is 9.96. The molecule has 1 aromatic carbocycles. The van der Waals surface area contributed by atoms with E-state index >= 15 is 0 Å². The van der Waals surface area contributed by atoms with Crippen LogP contribution in [0.25, 0.3) is 10.2 Å². The molecule has 1 atom stereocenters. The van der Waals surface area contributed by atoms with E-state index in [9.17, 15) is 13.2 Å². The van der Waals surface area contributed by atoms with E-state index in [0.29, 0.717) is 24.5 Å². The fourth-order valence-corrected chi connectivity index (χ4v) is 7.87. The van der Waals surface area contributed by atoms with Gasteiger partial charge in [-0.2, -0.15) is 4.31 Å². The van der Waals surface area contributed by atoms with Crippen LogP contribution < -0.4 is 4.90 Å². The molecule has 7 nitrogen and oxygen atoms in total. The zero-order valence-corrected chi connectivity index (χ0v) is 20.4. The maximum Gasteiger partial charge on any atom is 0.253 e. The van der Waals surface area contributed by atoms with E-state index in [1.807, 2.05) is 37.3 Å². The van der Waals surface area contributed by atoms with E-state index in [-0.39, 0.29) is 16.7 Å². The Kier molecular flexibility index (Phi) is 6.00. The summed E-state index contributed by atoms with van der Waals surface area (Å²) in [6.07, 6.45) is 4.52. The van der Waals surface area contributed by atoms with Crippen molar-refractivity contribution in [3.63, 3.8) is 0 Å². The molecule has 0 N–H and O–H groups in total. The van der Waals surface area contributed by atoms with Crippen LogP contribution >= 0.6 is 22.7 Å². The van der Waals surface area contributed by atoms with E-state index in [4.69, 9.17) is 4.98 Å². The summed E-state index contributed by atoms with van der Waals surface area (Å²) in [5, 5.41) is 2.29. The predicted molar refractivity (Wildman–Crippen MR) is 131 cm³/mol. The fourth-order valence-electron chi connectivity index (χ4n) is 4.03. The highest BCUT2D eigenvalue weighted by molar-refractivity contribution is 7.91. The Bertz CT molecular complexity index is 1390. The van der Waals surface area contributed by atoms with Crippen molar-refractivity contribution in [3.8, 4) is 0 Å². The lowest BCUT2D eigenvalue weighted by molar-refractivity contribution is -0.121. The topological polar surface area (TPSA) is 83.5 Å². The molecular formula is C23H22N4O3S3. The summed E-state index contributed by atoms with van der Waals surface area (Å²) >= 11 is 2.61. The standard InChI is InChI=1S/C23H22N4O3S3/c1-16-8-9-18-20(13-16)32-23(25-18)26(15-17-5-2-10-24-14-17)22(28)19-6-3-11-27(19)33(29,30)21-7-4-12-31-21/h2,4-5,7-10,12-14,19H,3,6,11,15H2,1H3. The molecule has 1 amide bonds. The van der Waals surface area contributed by atoms with E-state index in [2.05, 4.69) is 4.98 Å². The van der Waals surface area contributed by atoms with Crippen LogP contribution in [0, 0.1) is 6.92 Å². The lowest BCUT2D eigenvalue weighted by atomic mass is 10.2. The van der Waals surface area contributed by atoms with Crippen LogP contribution in [0.2, 0.25) is 0 Å². The molecule has 0 radical (unpaired) electrons. The summed E-state index contributed by atoms with van der Waals surface area (Å²) in [5.74, 6) is -0.257. The van der Waals surface area contributed by atoms with Gasteiger partial charge in [-0.1, -0.05) is 29.5 Å². The van der Waals surface area contributed by atoms with Gasteiger partial charge in [0.2, 0.25) is 5.91 Å². The average molecular weight is 499 g/mol. The van der Waals surface area contributed by atoms with Gasteiger partial charge in [-0.05, 0) is 60.5 Å². The molecule has 1 aliphatic heterocycles.